The van der Waals surface area contributed by atoms with Gasteiger partial charge in [-0.2, -0.15) is 0 Å². The molecule has 1 unspecified atom stereocenters. The highest BCUT2D eigenvalue weighted by Gasteiger charge is 2.12. The van der Waals surface area contributed by atoms with Crippen molar-refractivity contribution >= 4 is 0 Å². The van der Waals surface area contributed by atoms with E-state index < -0.39 is 0 Å². The fourth-order valence-electron chi connectivity index (χ4n) is 2.31. The van der Waals surface area contributed by atoms with Gasteiger partial charge in [0.25, 0.3) is 0 Å². The molecule has 112 valence electrons. The Labute approximate surface area is 127 Å². The van der Waals surface area contributed by atoms with Gasteiger partial charge in [0.1, 0.15) is 5.75 Å². The monoisotopic (exact) mass is 284 g/mol. The molecule has 1 aromatic carbocycles. The molecule has 3 heteroatoms. The highest BCUT2D eigenvalue weighted by atomic mass is 16.5. The van der Waals surface area contributed by atoms with Crippen LogP contribution < -0.4 is 10.1 Å². The Balaban J connectivity index is 2.15. The smallest absolute Gasteiger partial charge is 0.138 e. The molecule has 0 saturated carbocycles. The zero-order valence-corrected chi connectivity index (χ0v) is 13.3. The number of hydrogen-bond acceptors (Lipinski definition) is 3. The fraction of sp³-hybridized carbons (Fsp3) is 0.389. The molecule has 0 saturated heterocycles. The van der Waals surface area contributed by atoms with E-state index in [-0.39, 0.29) is 12.1 Å². The van der Waals surface area contributed by atoms with Crippen LogP contribution in [-0.4, -0.2) is 18.1 Å². The van der Waals surface area contributed by atoms with E-state index in [1.807, 2.05) is 27.1 Å². The van der Waals surface area contributed by atoms with Gasteiger partial charge < -0.3 is 10.1 Å². The van der Waals surface area contributed by atoms with E-state index >= 15 is 0 Å². The van der Waals surface area contributed by atoms with Crippen LogP contribution in [0, 0.1) is 6.92 Å². The second-order valence-corrected chi connectivity index (χ2v) is 5.65. The van der Waals surface area contributed by atoms with Gasteiger partial charge in [-0.05, 0) is 51.4 Å². The van der Waals surface area contributed by atoms with Crippen LogP contribution in [0.25, 0.3) is 0 Å². The number of ether oxygens (including phenoxy) is 1. The van der Waals surface area contributed by atoms with Crippen LogP contribution in [-0.2, 0) is 6.42 Å². The molecule has 21 heavy (non-hydrogen) atoms. The second kappa shape index (κ2) is 7.23. The molecule has 0 aliphatic rings. The van der Waals surface area contributed by atoms with E-state index in [0.717, 1.165) is 17.7 Å². The minimum absolute atomic E-state index is 0.159. The Morgan fingerprint density at radius 1 is 1.14 bits per heavy atom. The van der Waals surface area contributed by atoms with Gasteiger partial charge in [0.15, 0.2) is 0 Å². The number of aryl methyl sites for hydroxylation is 1. The van der Waals surface area contributed by atoms with Crippen molar-refractivity contribution in [2.24, 2.45) is 0 Å². The molecule has 0 fully saturated rings. The first-order chi connectivity index (χ1) is 10.1. The number of rotatable bonds is 6. The van der Waals surface area contributed by atoms with Crippen molar-refractivity contribution in [2.75, 3.05) is 7.05 Å². The summed E-state index contributed by atoms with van der Waals surface area (Å²) in [5, 5.41) is 3.37. The lowest BCUT2D eigenvalue weighted by molar-refractivity contribution is 0.241. The summed E-state index contributed by atoms with van der Waals surface area (Å²) in [5.74, 6) is 0.826. The number of hydrogen-bond donors (Lipinski definition) is 1. The van der Waals surface area contributed by atoms with Crippen molar-refractivity contribution in [3.05, 3.63) is 59.4 Å². The third kappa shape index (κ3) is 4.57. The van der Waals surface area contributed by atoms with Gasteiger partial charge in [0.05, 0.1) is 12.3 Å². The van der Waals surface area contributed by atoms with Gasteiger partial charge >= 0.3 is 0 Å². The summed E-state index contributed by atoms with van der Waals surface area (Å²) in [6.45, 7) is 6.15. The van der Waals surface area contributed by atoms with Gasteiger partial charge in [-0.25, -0.2) is 0 Å². The van der Waals surface area contributed by atoms with Gasteiger partial charge in [-0.1, -0.05) is 29.8 Å². The minimum atomic E-state index is 0.159. The summed E-state index contributed by atoms with van der Waals surface area (Å²) in [6.07, 6.45) is 4.76. The summed E-state index contributed by atoms with van der Waals surface area (Å²) >= 11 is 0. The molecule has 1 N–H and O–H groups in total. The molecule has 0 spiro atoms. The number of nitrogens with zero attached hydrogens (tertiary/aromatic N) is 1. The Morgan fingerprint density at radius 3 is 2.48 bits per heavy atom. The summed E-state index contributed by atoms with van der Waals surface area (Å²) in [6, 6.07) is 11.0. The zero-order valence-electron chi connectivity index (χ0n) is 13.3. The lowest BCUT2D eigenvalue weighted by Gasteiger charge is -2.18. The topological polar surface area (TPSA) is 34.2 Å². The average molecular weight is 284 g/mol. The normalized spacial score (nSPS) is 12.4. The highest BCUT2D eigenvalue weighted by molar-refractivity contribution is 5.29. The molecule has 0 amide bonds. The first kappa shape index (κ1) is 15.5. The largest absolute Gasteiger partial charge is 0.489 e. The van der Waals surface area contributed by atoms with Crippen LogP contribution >= 0.6 is 0 Å². The molecule has 1 aromatic heterocycles. The van der Waals surface area contributed by atoms with Crippen molar-refractivity contribution in [1.29, 1.82) is 0 Å². The maximum absolute atomic E-state index is 5.73. The average Bonchev–Trinajstić information content (AvgIpc) is 2.46. The number of pyridine rings is 1. The Morgan fingerprint density at radius 2 is 1.86 bits per heavy atom. The molecule has 2 aromatic rings. The lowest BCUT2D eigenvalue weighted by Crippen LogP contribution is -2.19. The Bertz CT molecular complexity index is 564. The Hall–Kier alpha value is -1.87. The maximum atomic E-state index is 5.73. The summed E-state index contributed by atoms with van der Waals surface area (Å²) in [7, 11) is 1.98. The Kier molecular flexibility index (Phi) is 5.34. The quantitative estimate of drug-likeness (QED) is 0.878. The molecule has 1 heterocycles. The molecule has 0 radical (unpaired) electrons. The number of benzene rings is 1. The minimum Gasteiger partial charge on any atom is -0.489 e. The third-order valence-electron chi connectivity index (χ3n) is 3.42. The van der Waals surface area contributed by atoms with Crippen LogP contribution in [0.4, 0.5) is 0 Å². The highest BCUT2D eigenvalue weighted by Crippen LogP contribution is 2.22. The van der Waals surface area contributed by atoms with Crippen LogP contribution in [0.5, 0.6) is 5.75 Å². The zero-order chi connectivity index (χ0) is 15.2. The summed E-state index contributed by atoms with van der Waals surface area (Å²) in [5.41, 5.74) is 3.75. The summed E-state index contributed by atoms with van der Waals surface area (Å²) in [4.78, 5) is 4.30. The first-order valence-electron chi connectivity index (χ1n) is 7.43. The fourth-order valence-corrected chi connectivity index (χ4v) is 2.31. The summed E-state index contributed by atoms with van der Waals surface area (Å²) < 4.78 is 5.73. The van der Waals surface area contributed by atoms with Gasteiger partial charge in [-0.15, -0.1) is 0 Å². The number of aromatic nitrogens is 1. The molecular weight excluding hydrogens is 260 g/mol. The van der Waals surface area contributed by atoms with E-state index in [0.29, 0.717) is 0 Å². The standard InChI is InChI=1S/C18H24N2O/c1-13(2)21-17-10-16(11-20-12-17)18(19-4)9-15-7-5-14(3)6-8-15/h5-8,10-13,18-19H,9H2,1-4H3. The van der Waals surface area contributed by atoms with E-state index in [2.05, 4.69) is 47.6 Å². The van der Waals surface area contributed by atoms with E-state index in [1.165, 1.54) is 11.1 Å². The second-order valence-electron chi connectivity index (χ2n) is 5.65. The van der Waals surface area contributed by atoms with Crippen LogP contribution in [0.15, 0.2) is 42.7 Å². The van der Waals surface area contributed by atoms with Crippen molar-refractivity contribution in [2.45, 2.75) is 39.3 Å². The molecular formula is C18H24N2O. The number of likely N-dealkylation sites (N-methyl/N-ethyl adjacent to an activating group) is 1. The van der Waals surface area contributed by atoms with Crippen LogP contribution in [0.2, 0.25) is 0 Å². The van der Waals surface area contributed by atoms with Crippen molar-refractivity contribution in [1.82, 2.24) is 10.3 Å². The predicted octanol–water partition coefficient (Wildman–Crippen LogP) is 3.68. The van der Waals surface area contributed by atoms with E-state index in [1.54, 1.807) is 6.20 Å². The van der Waals surface area contributed by atoms with Crippen LogP contribution in [0.1, 0.15) is 36.6 Å². The first-order valence-corrected chi connectivity index (χ1v) is 7.43. The van der Waals surface area contributed by atoms with E-state index in [9.17, 15) is 0 Å². The molecule has 0 aliphatic heterocycles. The maximum Gasteiger partial charge on any atom is 0.138 e. The molecule has 0 bridgehead atoms. The molecule has 2 rings (SSSR count). The van der Waals surface area contributed by atoms with Crippen molar-refractivity contribution < 1.29 is 4.74 Å². The molecule has 3 nitrogen and oxygen atoms in total. The van der Waals surface area contributed by atoms with Gasteiger partial charge in [0.2, 0.25) is 0 Å². The SMILES string of the molecule is CNC(Cc1ccc(C)cc1)c1cncc(OC(C)C)c1. The third-order valence-corrected chi connectivity index (χ3v) is 3.42. The van der Waals surface area contributed by atoms with Gasteiger partial charge in [0, 0.05) is 12.2 Å². The lowest BCUT2D eigenvalue weighted by atomic mass is 9.99. The predicted molar refractivity (Wildman–Crippen MR) is 86.7 cm³/mol. The molecule has 0 aliphatic carbocycles. The van der Waals surface area contributed by atoms with Gasteiger partial charge in [-0.3, -0.25) is 4.98 Å². The van der Waals surface area contributed by atoms with E-state index in [4.69, 9.17) is 4.74 Å². The number of nitrogens with one attached hydrogen (secondary N) is 1. The van der Waals surface area contributed by atoms with Crippen LogP contribution in [0.3, 0.4) is 0 Å². The molecule has 1 atom stereocenters. The van der Waals surface area contributed by atoms with Crippen molar-refractivity contribution in [3.8, 4) is 5.75 Å². The van der Waals surface area contributed by atoms with Crippen molar-refractivity contribution in [3.63, 3.8) is 0 Å².